The zero-order chi connectivity index (χ0) is 13.3. The summed E-state index contributed by atoms with van der Waals surface area (Å²) < 4.78 is 26.0. The first kappa shape index (κ1) is 13.0. The number of halogens is 2. The van der Waals surface area contributed by atoms with Crippen LogP contribution in [0.25, 0.3) is 0 Å². The molecule has 3 nitrogen and oxygen atoms in total. The Hall–Kier alpha value is -1.49. The minimum Gasteiger partial charge on any atom is -0.341 e. The Balaban J connectivity index is 2.12. The predicted molar refractivity (Wildman–Crippen MR) is 63.9 cm³/mol. The summed E-state index contributed by atoms with van der Waals surface area (Å²) >= 11 is 0. The number of likely N-dealkylation sites (tertiary alicyclic amines) is 1. The van der Waals surface area contributed by atoms with E-state index in [1.54, 1.807) is 11.8 Å². The highest BCUT2D eigenvalue weighted by Gasteiger charge is 2.28. The van der Waals surface area contributed by atoms with E-state index < -0.39 is 17.6 Å². The zero-order valence-corrected chi connectivity index (χ0v) is 10.2. The highest BCUT2D eigenvalue weighted by Crippen LogP contribution is 2.22. The third-order valence-corrected chi connectivity index (χ3v) is 3.35. The second kappa shape index (κ2) is 5.02. The number of hydrogen-bond acceptors (Lipinski definition) is 2. The van der Waals surface area contributed by atoms with Crippen molar-refractivity contribution in [2.75, 3.05) is 13.1 Å². The van der Waals surface area contributed by atoms with Crippen LogP contribution in [0.3, 0.4) is 0 Å². The van der Waals surface area contributed by atoms with Gasteiger partial charge in [-0.1, -0.05) is 6.07 Å². The molecule has 1 aromatic rings. The largest absolute Gasteiger partial charge is 0.341 e. The van der Waals surface area contributed by atoms with E-state index in [9.17, 15) is 13.6 Å². The van der Waals surface area contributed by atoms with E-state index in [-0.39, 0.29) is 11.9 Å². The van der Waals surface area contributed by atoms with Crippen molar-refractivity contribution in [3.05, 3.63) is 35.4 Å². The molecule has 1 aliphatic heterocycles. The molecule has 2 atom stereocenters. The van der Waals surface area contributed by atoms with Crippen LogP contribution in [0, 0.1) is 11.6 Å². The van der Waals surface area contributed by atoms with Crippen molar-refractivity contribution in [2.45, 2.75) is 25.3 Å². The number of carbonyl (C=O) groups excluding carboxylic acids is 1. The van der Waals surface area contributed by atoms with E-state index >= 15 is 0 Å². The summed E-state index contributed by atoms with van der Waals surface area (Å²) in [6, 6.07) is 3.58. The van der Waals surface area contributed by atoms with Gasteiger partial charge >= 0.3 is 0 Å². The fraction of sp³-hybridized carbons (Fsp3) is 0.462. The van der Waals surface area contributed by atoms with Gasteiger partial charge in [-0.2, -0.15) is 0 Å². The van der Waals surface area contributed by atoms with Gasteiger partial charge in [0.05, 0.1) is 5.92 Å². The van der Waals surface area contributed by atoms with Crippen LogP contribution in [0.15, 0.2) is 18.2 Å². The smallest absolute Gasteiger partial charge is 0.229 e. The Labute approximate surface area is 105 Å². The maximum atomic E-state index is 13.1. The molecule has 1 saturated heterocycles. The molecular formula is C13H16F2N2O. The average molecular weight is 254 g/mol. The molecule has 98 valence electrons. The highest BCUT2D eigenvalue weighted by molar-refractivity contribution is 5.83. The quantitative estimate of drug-likeness (QED) is 0.872. The summed E-state index contributed by atoms with van der Waals surface area (Å²) in [5, 5.41) is 0. The predicted octanol–water partition coefficient (Wildman–Crippen LogP) is 1.63. The molecule has 2 N–H and O–H groups in total. The number of amides is 1. The molecular weight excluding hydrogens is 238 g/mol. The molecule has 1 fully saturated rings. The number of carbonyl (C=O) groups is 1. The lowest BCUT2D eigenvalue weighted by Gasteiger charge is -2.21. The standard InChI is InChI=1S/C13H16F2N2O/c1-8(9-2-3-11(14)12(15)6-9)13(18)17-5-4-10(16)7-17/h2-3,6,8,10H,4-5,7,16H2,1H3/t8-,10+/m1/s1. The van der Waals surface area contributed by atoms with Crippen molar-refractivity contribution in [1.82, 2.24) is 4.90 Å². The monoisotopic (exact) mass is 254 g/mol. The Kier molecular flexibility index (Phi) is 3.61. The molecule has 0 aromatic heterocycles. The lowest BCUT2D eigenvalue weighted by Crippen LogP contribution is -2.34. The van der Waals surface area contributed by atoms with Crippen LogP contribution in [0.5, 0.6) is 0 Å². The highest BCUT2D eigenvalue weighted by atomic mass is 19.2. The first-order valence-corrected chi connectivity index (χ1v) is 5.98. The van der Waals surface area contributed by atoms with Gasteiger partial charge < -0.3 is 10.6 Å². The summed E-state index contributed by atoms with van der Waals surface area (Å²) in [4.78, 5) is 13.8. The maximum Gasteiger partial charge on any atom is 0.229 e. The van der Waals surface area contributed by atoms with Crippen LogP contribution in [-0.4, -0.2) is 29.9 Å². The summed E-state index contributed by atoms with van der Waals surface area (Å²) in [7, 11) is 0. The summed E-state index contributed by atoms with van der Waals surface area (Å²) in [5.41, 5.74) is 6.23. The number of nitrogens with zero attached hydrogens (tertiary/aromatic N) is 1. The topological polar surface area (TPSA) is 46.3 Å². The maximum absolute atomic E-state index is 13.1. The molecule has 1 aliphatic rings. The van der Waals surface area contributed by atoms with Gasteiger partial charge in [0.1, 0.15) is 0 Å². The molecule has 0 aliphatic carbocycles. The van der Waals surface area contributed by atoms with Crippen molar-refractivity contribution in [1.29, 1.82) is 0 Å². The molecule has 1 aromatic carbocycles. The molecule has 0 spiro atoms. The lowest BCUT2D eigenvalue weighted by molar-refractivity contribution is -0.131. The molecule has 0 radical (unpaired) electrons. The van der Waals surface area contributed by atoms with Gasteiger partial charge in [-0.25, -0.2) is 8.78 Å². The van der Waals surface area contributed by atoms with E-state index in [1.807, 2.05) is 0 Å². The SMILES string of the molecule is C[C@@H](C(=O)N1CC[C@H](N)C1)c1ccc(F)c(F)c1. The van der Waals surface area contributed by atoms with Gasteiger partial charge in [-0.15, -0.1) is 0 Å². The van der Waals surface area contributed by atoms with Crippen molar-refractivity contribution in [3.63, 3.8) is 0 Å². The first-order valence-electron chi connectivity index (χ1n) is 5.98. The minimum absolute atomic E-state index is 0.0195. The fourth-order valence-corrected chi connectivity index (χ4v) is 2.19. The molecule has 2 rings (SSSR count). The van der Waals surface area contributed by atoms with Crippen LogP contribution in [0.2, 0.25) is 0 Å². The van der Waals surface area contributed by atoms with Crippen molar-refractivity contribution >= 4 is 5.91 Å². The number of benzene rings is 1. The van der Waals surface area contributed by atoms with Gasteiger partial charge in [0, 0.05) is 19.1 Å². The van der Waals surface area contributed by atoms with Gasteiger partial charge in [-0.3, -0.25) is 4.79 Å². The van der Waals surface area contributed by atoms with Crippen LogP contribution < -0.4 is 5.73 Å². The summed E-state index contributed by atoms with van der Waals surface area (Å²) in [6.07, 6.45) is 0.788. The molecule has 18 heavy (non-hydrogen) atoms. The number of nitrogens with two attached hydrogens (primary N) is 1. The molecule has 0 saturated carbocycles. The second-order valence-corrected chi connectivity index (χ2v) is 4.73. The van der Waals surface area contributed by atoms with Crippen LogP contribution in [-0.2, 0) is 4.79 Å². The van der Waals surface area contributed by atoms with Crippen LogP contribution in [0.4, 0.5) is 8.78 Å². The van der Waals surface area contributed by atoms with Gasteiger partial charge in [0.25, 0.3) is 0 Å². The average Bonchev–Trinajstić information content (AvgIpc) is 2.77. The van der Waals surface area contributed by atoms with Crippen molar-refractivity contribution in [3.8, 4) is 0 Å². The van der Waals surface area contributed by atoms with E-state index in [4.69, 9.17) is 5.73 Å². The zero-order valence-electron chi connectivity index (χ0n) is 10.2. The van der Waals surface area contributed by atoms with Crippen LogP contribution >= 0.6 is 0 Å². The molecule has 0 bridgehead atoms. The Bertz CT molecular complexity index is 464. The van der Waals surface area contributed by atoms with Crippen LogP contribution in [0.1, 0.15) is 24.8 Å². The Morgan fingerprint density at radius 1 is 1.44 bits per heavy atom. The Morgan fingerprint density at radius 2 is 2.17 bits per heavy atom. The van der Waals surface area contributed by atoms with Gasteiger partial charge in [0.2, 0.25) is 5.91 Å². The third-order valence-electron chi connectivity index (χ3n) is 3.35. The van der Waals surface area contributed by atoms with Gasteiger partial charge in [0.15, 0.2) is 11.6 Å². The van der Waals surface area contributed by atoms with E-state index in [0.717, 1.165) is 18.6 Å². The lowest BCUT2D eigenvalue weighted by atomic mass is 9.99. The van der Waals surface area contributed by atoms with Gasteiger partial charge in [-0.05, 0) is 31.0 Å². The van der Waals surface area contributed by atoms with E-state index in [1.165, 1.54) is 6.07 Å². The molecule has 0 unspecified atom stereocenters. The fourth-order valence-electron chi connectivity index (χ4n) is 2.19. The summed E-state index contributed by atoms with van der Waals surface area (Å²) in [5.74, 6) is -2.40. The normalized spacial score (nSPS) is 21.1. The third kappa shape index (κ3) is 2.51. The molecule has 5 heteroatoms. The van der Waals surface area contributed by atoms with E-state index in [0.29, 0.717) is 18.7 Å². The molecule has 1 amide bonds. The number of rotatable bonds is 2. The molecule has 1 heterocycles. The van der Waals surface area contributed by atoms with E-state index in [2.05, 4.69) is 0 Å². The minimum atomic E-state index is -0.926. The van der Waals surface area contributed by atoms with Crippen molar-refractivity contribution in [2.24, 2.45) is 5.73 Å². The summed E-state index contributed by atoms with van der Waals surface area (Å²) in [6.45, 7) is 2.86. The Morgan fingerprint density at radius 3 is 2.72 bits per heavy atom. The van der Waals surface area contributed by atoms with Crippen molar-refractivity contribution < 1.29 is 13.6 Å². The first-order chi connectivity index (χ1) is 8.49. The number of hydrogen-bond donors (Lipinski definition) is 1. The second-order valence-electron chi connectivity index (χ2n) is 4.73.